The van der Waals surface area contributed by atoms with Gasteiger partial charge in [-0.05, 0) is 11.6 Å². The van der Waals surface area contributed by atoms with Crippen molar-refractivity contribution >= 4 is 5.97 Å². The minimum Gasteiger partial charge on any atom is -0.477 e. The molecule has 0 fully saturated rings. The van der Waals surface area contributed by atoms with E-state index in [2.05, 4.69) is 10.3 Å². The summed E-state index contributed by atoms with van der Waals surface area (Å²) in [5.74, 6) is -0.957. The summed E-state index contributed by atoms with van der Waals surface area (Å²) in [6.07, 6.45) is 0.816. The van der Waals surface area contributed by atoms with Gasteiger partial charge in [-0.15, -0.1) is 0 Å². The van der Waals surface area contributed by atoms with Gasteiger partial charge in [0.05, 0.1) is 0 Å². The Morgan fingerprint density at radius 2 is 2.38 bits per heavy atom. The number of carboxylic acids is 1. The van der Waals surface area contributed by atoms with Gasteiger partial charge in [0.25, 0.3) is 0 Å². The Labute approximate surface area is 75.6 Å². The highest BCUT2D eigenvalue weighted by atomic mass is 16.4. The minimum atomic E-state index is -0.957. The summed E-state index contributed by atoms with van der Waals surface area (Å²) in [7, 11) is 0. The molecular weight excluding hydrogens is 168 g/mol. The lowest BCUT2D eigenvalue weighted by molar-refractivity contribution is 0.0690. The van der Waals surface area contributed by atoms with E-state index in [0.717, 1.165) is 30.8 Å². The van der Waals surface area contributed by atoms with Crippen LogP contribution >= 0.6 is 0 Å². The molecule has 4 heteroatoms. The zero-order valence-electron chi connectivity index (χ0n) is 7.08. The van der Waals surface area contributed by atoms with E-state index in [0.29, 0.717) is 0 Å². The predicted octanol–water partition coefficient (Wildman–Crippen LogP) is 0.426. The van der Waals surface area contributed by atoms with Crippen LogP contribution in [0, 0.1) is 0 Å². The Morgan fingerprint density at radius 3 is 3.15 bits per heavy atom. The third-order valence-electron chi connectivity index (χ3n) is 2.14. The van der Waals surface area contributed by atoms with Crippen LogP contribution in [0.4, 0.5) is 0 Å². The van der Waals surface area contributed by atoms with E-state index in [1.807, 2.05) is 6.07 Å². The molecule has 0 aliphatic carbocycles. The van der Waals surface area contributed by atoms with E-state index in [1.165, 1.54) is 0 Å². The molecule has 2 heterocycles. The highest BCUT2D eigenvalue weighted by molar-refractivity contribution is 5.85. The van der Waals surface area contributed by atoms with Crippen molar-refractivity contribution in [2.24, 2.45) is 0 Å². The number of hydrogen-bond acceptors (Lipinski definition) is 3. The van der Waals surface area contributed by atoms with Crippen molar-refractivity contribution < 1.29 is 9.90 Å². The number of carboxylic acid groups (broad SMARTS) is 1. The average Bonchev–Trinajstić information content (AvgIpc) is 2.17. The van der Waals surface area contributed by atoms with Crippen LogP contribution in [0.1, 0.15) is 21.7 Å². The van der Waals surface area contributed by atoms with Crippen molar-refractivity contribution in [2.75, 3.05) is 6.54 Å². The standard InChI is InChI=1S/C9H10N2O2/c12-9(13)8-2-1-6-5-10-4-3-7(6)11-8/h1-2,10H,3-5H2,(H,12,13). The van der Waals surface area contributed by atoms with Crippen LogP contribution in [0.15, 0.2) is 12.1 Å². The van der Waals surface area contributed by atoms with E-state index >= 15 is 0 Å². The monoisotopic (exact) mass is 178 g/mol. The molecular formula is C9H10N2O2. The number of aromatic carboxylic acids is 1. The van der Waals surface area contributed by atoms with Crippen molar-refractivity contribution in [2.45, 2.75) is 13.0 Å². The Kier molecular flexibility index (Phi) is 1.98. The number of aromatic nitrogens is 1. The van der Waals surface area contributed by atoms with E-state index < -0.39 is 5.97 Å². The predicted molar refractivity (Wildman–Crippen MR) is 46.6 cm³/mol. The number of nitrogens with zero attached hydrogens (tertiary/aromatic N) is 1. The van der Waals surface area contributed by atoms with Crippen LogP contribution in [0.5, 0.6) is 0 Å². The van der Waals surface area contributed by atoms with Gasteiger partial charge < -0.3 is 10.4 Å². The Morgan fingerprint density at radius 1 is 1.54 bits per heavy atom. The number of carbonyl (C=O) groups is 1. The van der Waals surface area contributed by atoms with E-state index in [4.69, 9.17) is 5.11 Å². The topological polar surface area (TPSA) is 62.2 Å². The maximum atomic E-state index is 10.6. The Bertz CT molecular complexity index is 349. The first-order chi connectivity index (χ1) is 6.27. The summed E-state index contributed by atoms with van der Waals surface area (Å²) < 4.78 is 0. The Balaban J connectivity index is 2.40. The Hall–Kier alpha value is -1.42. The summed E-state index contributed by atoms with van der Waals surface area (Å²) in [5.41, 5.74) is 2.16. The van der Waals surface area contributed by atoms with Crippen molar-refractivity contribution in [1.82, 2.24) is 10.3 Å². The van der Waals surface area contributed by atoms with Crippen molar-refractivity contribution in [1.29, 1.82) is 0 Å². The molecule has 0 bridgehead atoms. The van der Waals surface area contributed by atoms with Gasteiger partial charge in [0, 0.05) is 25.2 Å². The largest absolute Gasteiger partial charge is 0.477 e. The van der Waals surface area contributed by atoms with Gasteiger partial charge in [0.15, 0.2) is 0 Å². The molecule has 0 spiro atoms. The highest BCUT2D eigenvalue weighted by Crippen LogP contribution is 2.11. The quantitative estimate of drug-likeness (QED) is 0.654. The molecule has 0 radical (unpaired) electrons. The smallest absolute Gasteiger partial charge is 0.354 e. The summed E-state index contributed by atoms with van der Waals surface area (Å²) in [5, 5.41) is 11.9. The lowest BCUT2D eigenvalue weighted by Gasteiger charge is -2.15. The number of hydrogen-bond donors (Lipinski definition) is 2. The van der Waals surface area contributed by atoms with E-state index in [1.54, 1.807) is 6.07 Å². The molecule has 1 aromatic heterocycles. The second-order valence-electron chi connectivity index (χ2n) is 3.03. The van der Waals surface area contributed by atoms with Gasteiger partial charge in [-0.25, -0.2) is 9.78 Å². The maximum Gasteiger partial charge on any atom is 0.354 e. The first kappa shape index (κ1) is 8.19. The van der Waals surface area contributed by atoms with Gasteiger partial charge in [0.2, 0.25) is 0 Å². The summed E-state index contributed by atoms with van der Waals surface area (Å²) in [4.78, 5) is 14.7. The molecule has 13 heavy (non-hydrogen) atoms. The summed E-state index contributed by atoms with van der Waals surface area (Å²) in [6, 6.07) is 3.38. The zero-order valence-corrected chi connectivity index (χ0v) is 7.08. The van der Waals surface area contributed by atoms with Crippen LogP contribution in [-0.2, 0) is 13.0 Å². The SMILES string of the molecule is O=C(O)c1ccc2c(n1)CCNC2. The van der Waals surface area contributed by atoms with E-state index in [-0.39, 0.29) is 5.69 Å². The van der Waals surface area contributed by atoms with Crippen LogP contribution in [-0.4, -0.2) is 22.6 Å². The molecule has 0 unspecified atom stereocenters. The molecule has 2 rings (SSSR count). The molecule has 68 valence electrons. The fourth-order valence-electron chi connectivity index (χ4n) is 1.46. The lowest BCUT2D eigenvalue weighted by atomic mass is 10.1. The average molecular weight is 178 g/mol. The number of rotatable bonds is 1. The minimum absolute atomic E-state index is 0.139. The van der Waals surface area contributed by atoms with Gasteiger partial charge in [-0.2, -0.15) is 0 Å². The third-order valence-corrected chi connectivity index (χ3v) is 2.14. The third kappa shape index (κ3) is 1.53. The molecule has 0 aromatic carbocycles. The van der Waals surface area contributed by atoms with Gasteiger partial charge in [-0.3, -0.25) is 0 Å². The van der Waals surface area contributed by atoms with Crippen molar-refractivity contribution in [3.8, 4) is 0 Å². The van der Waals surface area contributed by atoms with E-state index in [9.17, 15) is 4.79 Å². The van der Waals surface area contributed by atoms with Gasteiger partial charge >= 0.3 is 5.97 Å². The van der Waals surface area contributed by atoms with Crippen LogP contribution < -0.4 is 5.32 Å². The van der Waals surface area contributed by atoms with Gasteiger partial charge in [-0.1, -0.05) is 6.07 Å². The molecule has 0 amide bonds. The first-order valence-corrected chi connectivity index (χ1v) is 4.20. The molecule has 1 aliphatic rings. The zero-order chi connectivity index (χ0) is 9.26. The molecule has 2 N–H and O–H groups in total. The fourth-order valence-corrected chi connectivity index (χ4v) is 1.46. The number of pyridine rings is 1. The summed E-state index contributed by atoms with van der Waals surface area (Å²) in [6.45, 7) is 1.67. The normalized spacial score (nSPS) is 15.1. The van der Waals surface area contributed by atoms with Crippen LogP contribution in [0.3, 0.4) is 0 Å². The molecule has 0 atom stereocenters. The van der Waals surface area contributed by atoms with Crippen molar-refractivity contribution in [3.05, 3.63) is 29.1 Å². The van der Waals surface area contributed by atoms with Crippen LogP contribution in [0.2, 0.25) is 0 Å². The lowest BCUT2D eigenvalue weighted by Crippen LogP contribution is -2.25. The van der Waals surface area contributed by atoms with Crippen LogP contribution in [0.25, 0.3) is 0 Å². The maximum absolute atomic E-state index is 10.6. The van der Waals surface area contributed by atoms with Gasteiger partial charge in [0.1, 0.15) is 5.69 Å². The molecule has 0 saturated carbocycles. The number of nitrogens with one attached hydrogen (secondary N) is 1. The fraction of sp³-hybridized carbons (Fsp3) is 0.333. The molecule has 0 saturated heterocycles. The van der Waals surface area contributed by atoms with Crippen molar-refractivity contribution in [3.63, 3.8) is 0 Å². The number of fused-ring (bicyclic) bond motifs is 1. The second-order valence-corrected chi connectivity index (χ2v) is 3.03. The molecule has 4 nitrogen and oxygen atoms in total. The second kappa shape index (κ2) is 3.14. The summed E-state index contributed by atoms with van der Waals surface area (Å²) >= 11 is 0. The first-order valence-electron chi connectivity index (χ1n) is 4.20. The highest BCUT2D eigenvalue weighted by Gasteiger charge is 2.12. The molecule has 1 aromatic rings. The molecule has 1 aliphatic heterocycles.